The number of ether oxygens (including phenoxy) is 1. The Labute approximate surface area is 93.9 Å². The summed E-state index contributed by atoms with van der Waals surface area (Å²) in [5, 5.41) is 9.87. The molecule has 4 heteroatoms. The van der Waals surface area contributed by atoms with Gasteiger partial charge in [0.05, 0.1) is 12.2 Å². The number of hydrogen-bond acceptors (Lipinski definition) is 2. The molecule has 0 spiro atoms. The smallest absolute Gasteiger partial charge is 0.200 e. The molecule has 0 aliphatic heterocycles. The van der Waals surface area contributed by atoms with Crippen LogP contribution in [0.4, 0.5) is 8.78 Å². The second-order valence-electron chi connectivity index (χ2n) is 3.80. The number of halogens is 2. The van der Waals surface area contributed by atoms with Gasteiger partial charge in [0.15, 0.2) is 11.6 Å². The fourth-order valence-corrected chi connectivity index (χ4v) is 1.41. The summed E-state index contributed by atoms with van der Waals surface area (Å²) in [4.78, 5) is 0. The van der Waals surface area contributed by atoms with Crippen molar-refractivity contribution in [2.24, 2.45) is 0 Å². The third kappa shape index (κ3) is 2.32. The molecular weight excluding hydrogens is 214 g/mol. The Morgan fingerprint density at radius 1 is 1.25 bits per heavy atom. The summed E-state index contributed by atoms with van der Waals surface area (Å²) in [5.41, 5.74) is -1.41. The van der Waals surface area contributed by atoms with Crippen molar-refractivity contribution in [3.63, 3.8) is 0 Å². The zero-order valence-corrected chi connectivity index (χ0v) is 9.68. The Bertz CT molecular complexity index is 376. The lowest BCUT2D eigenvalue weighted by Crippen LogP contribution is -2.22. The van der Waals surface area contributed by atoms with E-state index in [2.05, 4.69) is 0 Å². The van der Waals surface area contributed by atoms with Crippen molar-refractivity contribution >= 4 is 0 Å². The summed E-state index contributed by atoms with van der Waals surface area (Å²) in [6.07, 6.45) is 0.303. The number of benzene rings is 1. The van der Waals surface area contributed by atoms with Crippen molar-refractivity contribution in [3.8, 4) is 5.75 Å². The van der Waals surface area contributed by atoms with Crippen LogP contribution in [0.2, 0.25) is 0 Å². The van der Waals surface area contributed by atoms with E-state index in [-0.39, 0.29) is 17.9 Å². The Morgan fingerprint density at radius 3 is 2.38 bits per heavy atom. The SMILES string of the molecule is CCOc1ccc(C(C)(O)CC)c(F)c1F. The zero-order valence-electron chi connectivity index (χ0n) is 9.68. The molecule has 90 valence electrons. The average molecular weight is 230 g/mol. The van der Waals surface area contributed by atoms with E-state index in [0.717, 1.165) is 0 Å². The fraction of sp³-hybridized carbons (Fsp3) is 0.500. The van der Waals surface area contributed by atoms with Gasteiger partial charge in [0.2, 0.25) is 5.82 Å². The zero-order chi connectivity index (χ0) is 12.3. The summed E-state index contributed by atoms with van der Waals surface area (Å²) < 4.78 is 32.1. The van der Waals surface area contributed by atoms with Crippen molar-refractivity contribution in [2.75, 3.05) is 6.61 Å². The van der Waals surface area contributed by atoms with Crippen molar-refractivity contribution < 1.29 is 18.6 Å². The fourth-order valence-electron chi connectivity index (χ4n) is 1.41. The van der Waals surface area contributed by atoms with Gasteiger partial charge in [-0.05, 0) is 32.4 Å². The normalized spacial score (nSPS) is 14.6. The highest BCUT2D eigenvalue weighted by Crippen LogP contribution is 2.31. The van der Waals surface area contributed by atoms with Crippen molar-refractivity contribution in [1.29, 1.82) is 0 Å². The van der Waals surface area contributed by atoms with Gasteiger partial charge in [-0.3, -0.25) is 0 Å². The van der Waals surface area contributed by atoms with Crippen LogP contribution in [-0.4, -0.2) is 11.7 Å². The van der Waals surface area contributed by atoms with Gasteiger partial charge in [0.1, 0.15) is 0 Å². The maximum absolute atomic E-state index is 13.7. The highest BCUT2D eigenvalue weighted by molar-refractivity contribution is 5.34. The number of rotatable bonds is 4. The standard InChI is InChI=1S/C12H16F2O2/c1-4-12(3,15)8-6-7-9(16-5-2)11(14)10(8)13/h6-7,15H,4-5H2,1-3H3. The summed E-state index contributed by atoms with van der Waals surface area (Å²) in [5.74, 6) is -2.22. The lowest BCUT2D eigenvalue weighted by Gasteiger charge is -2.23. The molecule has 0 aliphatic rings. The predicted octanol–water partition coefficient (Wildman–Crippen LogP) is 2.98. The molecule has 1 atom stereocenters. The quantitative estimate of drug-likeness (QED) is 0.861. The van der Waals surface area contributed by atoms with E-state index in [1.165, 1.54) is 19.1 Å². The van der Waals surface area contributed by atoms with Crippen LogP contribution in [-0.2, 0) is 5.60 Å². The summed E-state index contributed by atoms with van der Waals surface area (Å²) >= 11 is 0. The second-order valence-corrected chi connectivity index (χ2v) is 3.80. The first-order valence-electron chi connectivity index (χ1n) is 5.27. The molecule has 0 saturated heterocycles. The minimum absolute atomic E-state index is 0.0454. The number of aliphatic hydroxyl groups is 1. The third-order valence-electron chi connectivity index (χ3n) is 2.62. The maximum Gasteiger partial charge on any atom is 0.200 e. The van der Waals surface area contributed by atoms with Crippen molar-refractivity contribution in [1.82, 2.24) is 0 Å². The first kappa shape index (κ1) is 12.9. The first-order valence-corrected chi connectivity index (χ1v) is 5.27. The maximum atomic E-state index is 13.7. The second kappa shape index (κ2) is 4.78. The lowest BCUT2D eigenvalue weighted by atomic mass is 9.92. The predicted molar refractivity (Wildman–Crippen MR) is 57.4 cm³/mol. The van der Waals surface area contributed by atoms with Gasteiger partial charge in [0, 0.05) is 5.56 Å². The van der Waals surface area contributed by atoms with E-state index in [9.17, 15) is 13.9 Å². The molecule has 0 radical (unpaired) electrons. The van der Waals surface area contributed by atoms with Gasteiger partial charge in [-0.1, -0.05) is 6.92 Å². The van der Waals surface area contributed by atoms with Gasteiger partial charge >= 0.3 is 0 Å². The molecular formula is C12H16F2O2. The first-order chi connectivity index (χ1) is 7.44. The van der Waals surface area contributed by atoms with Gasteiger partial charge in [-0.2, -0.15) is 4.39 Å². The molecule has 1 aromatic carbocycles. The minimum atomic E-state index is -1.37. The Balaban J connectivity index is 3.21. The van der Waals surface area contributed by atoms with Crippen LogP contribution in [0.15, 0.2) is 12.1 Å². The van der Waals surface area contributed by atoms with Crippen LogP contribution >= 0.6 is 0 Å². The average Bonchev–Trinajstić information content (AvgIpc) is 2.25. The lowest BCUT2D eigenvalue weighted by molar-refractivity contribution is 0.0484. The Kier molecular flexibility index (Phi) is 3.86. The Morgan fingerprint density at radius 2 is 1.88 bits per heavy atom. The van der Waals surface area contributed by atoms with Gasteiger partial charge in [-0.15, -0.1) is 0 Å². The molecule has 0 aromatic heterocycles. The third-order valence-corrected chi connectivity index (χ3v) is 2.62. The van der Waals surface area contributed by atoms with Crippen molar-refractivity contribution in [3.05, 3.63) is 29.3 Å². The molecule has 0 bridgehead atoms. The summed E-state index contributed by atoms with van der Waals surface area (Å²) in [6, 6.07) is 2.69. The van der Waals surface area contributed by atoms with E-state index in [1.54, 1.807) is 13.8 Å². The molecule has 0 aliphatic carbocycles. The van der Waals surface area contributed by atoms with E-state index in [1.807, 2.05) is 0 Å². The van der Waals surface area contributed by atoms with E-state index >= 15 is 0 Å². The van der Waals surface area contributed by atoms with Gasteiger partial charge in [0.25, 0.3) is 0 Å². The minimum Gasteiger partial charge on any atom is -0.491 e. The highest BCUT2D eigenvalue weighted by Gasteiger charge is 2.27. The molecule has 1 N–H and O–H groups in total. The van der Waals surface area contributed by atoms with Crippen LogP contribution in [0.3, 0.4) is 0 Å². The largest absolute Gasteiger partial charge is 0.491 e. The van der Waals surface area contributed by atoms with Crippen molar-refractivity contribution in [2.45, 2.75) is 32.8 Å². The molecule has 16 heavy (non-hydrogen) atoms. The molecule has 2 nitrogen and oxygen atoms in total. The highest BCUT2D eigenvalue weighted by atomic mass is 19.2. The summed E-state index contributed by atoms with van der Waals surface area (Å²) in [6.45, 7) is 5.10. The molecule has 0 fully saturated rings. The van der Waals surface area contributed by atoms with Gasteiger partial charge in [-0.25, -0.2) is 4.39 Å². The van der Waals surface area contributed by atoms with Crippen LogP contribution in [0.25, 0.3) is 0 Å². The van der Waals surface area contributed by atoms with E-state index in [0.29, 0.717) is 6.42 Å². The molecule has 1 rings (SSSR count). The molecule has 1 aromatic rings. The molecule has 1 unspecified atom stereocenters. The Hall–Kier alpha value is -1.16. The van der Waals surface area contributed by atoms with Crippen LogP contribution < -0.4 is 4.74 Å². The van der Waals surface area contributed by atoms with Gasteiger partial charge < -0.3 is 9.84 Å². The summed E-state index contributed by atoms with van der Waals surface area (Å²) in [7, 11) is 0. The van der Waals surface area contributed by atoms with Crippen LogP contribution in [0.5, 0.6) is 5.75 Å². The van der Waals surface area contributed by atoms with E-state index < -0.39 is 17.2 Å². The molecule has 0 saturated carbocycles. The van der Waals surface area contributed by atoms with E-state index in [4.69, 9.17) is 4.74 Å². The van der Waals surface area contributed by atoms with Crippen LogP contribution in [0.1, 0.15) is 32.8 Å². The topological polar surface area (TPSA) is 29.5 Å². The molecule has 0 heterocycles. The number of hydrogen-bond donors (Lipinski definition) is 1. The monoisotopic (exact) mass is 230 g/mol. The van der Waals surface area contributed by atoms with Crippen LogP contribution in [0, 0.1) is 11.6 Å². The molecule has 0 amide bonds.